The lowest BCUT2D eigenvalue weighted by molar-refractivity contribution is -0.129. The van der Waals surface area contributed by atoms with Gasteiger partial charge in [0, 0.05) is 6.54 Å². The lowest BCUT2D eigenvalue weighted by Gasteiger charge is -2.38. The maximum atomic E-state index is 11.8. The Bertz CT molecular complexity index is 426. The molecule has 118 valence electrons. The van der Waals surface area contributed by atoms with Crippen LogP contribution in [0.25, 0.3) is 0 Å². The molecule has 0 radical (unpaired) electrons. The van der Waals surface area contributed by atoms with Gasteiger partial charge in [-0.25, -0.2) is 4.79 Å². The van der Waals surface area contributed by atoms with Crippen LogP contribution in [-0.2, 0) is 9.53 Å². The van der Waals surface area contributed by atoms with E-state index in [0.29, 0.717) is 19.6 Å². The number of likely N-dealkylation sites (tertiary alicyclic amines) is 1. The number of carbonyl (C=O) groups is 3. The zero-order valence-electron chi connectivity index (χ0n) is 12.2. The summed E-state index contributed by atoms with van der Waals surface area (Å²) < 4.78 is 5.12. The Labute approximate surface area is 127 Å². The first kappa shape index (κ1) is 16.1. The zero-order chi connectivity index (χ0) is 15.6. The first-order valence-corrected chi connectivity index (χ1v) is 7.97. The molecule has 21 heavy (non-hydrogen) atoms. The van der Waals surface area contributed by atoms with E-state index < -0.39 is 18.2 Å². The number of imide groups is 1. The van der Waals surface area contributed by atoms with Crippen LogP contribution in [0.3, 0.4) is 0 Å². The minimum atomic E-state index is -0.933. The van der Waals surface area contributed by atoms with Crippen LogP contribution in [0.5, 0.6) is 0 Å². The molecule has 2 heterocycles. The Morgan fingerprint density at radius 1 is 1.48 bits per heavy atom. The molecule has 3 amide bonds. The number of aliphatic hydroxyl groups excluding tert-OH is 1. The van der Waals surface area contributed by atoms with Gasteiger partial charge in [0.1, 0.15) is 0 Å². The van der Waals surface area contributed by atoms with Gasteiger partial charge in [-0.2, -0.15) is 0 Å². The first-order chi connectivity index (χ1) is 9.90. The van der Waals surface area contributed by atoms with Gasteiger partial charge in [-0.15, -0.1) is 0 Å². The minimum Gasteiger partial charge on any atom is -0.449 e. The number of piperidine rings is 1. The van der Waals surface area contributed by atoms with Gasteiger partial charge in [0.05, 0.1) is 31.1 Å². The molecule has 0 aromatic heterocycles. The summed E-state index contributed by atoms with van der Waals surface area (Å²) >= 11 is 0.949. The van der Waals surface area contributed by atoms with E-state index in [9.17, 15) is 19.5 Å². The molecular weight excluding hydrogens is 296 g/mol. The fourth-order valence-electron chi connectivity index (χ4n) is 2.40. The third-order valence-electron chi connectivity index (χ3n) is 3.46. The number of carbonyl (C=O) groups excluding carboxylic acids is 3. The van der Waals surface area contributed by atoms with Crippen molar-refractivity contribution in [2.24, 2.45) is 5.92 Å². The van der Waals surface area contributed by atoms with Crippen molar-refractivity contribution in [2.75, 3.05) is 25.4 Å². The van der Waals surface area contributed by atoms with Gasteiger partial charge in [-0.1, -0.05) is 25.6 Å². The molecule has 0 bridgehead atoms. The van der Waals surface area contributed by atoms with Crippen molar-refractivity contribution in [1.29, 1.82) is 0 Å². The molecule has 2 aliphatic heterocycles. The van der Waals surface area contributed by atoms with Crippen LogP contribution in [0, 0.1) is 5.92 Å². The molecule has 0 aromatic rings. The van der Waals surface area contributed by atoms with Crippen LogP contribution in [-0.4, -0.2) is 69.7 Å². The number of hydrogen-bond acceptors (Lipinski definition) is 6. The number of thioether (sulfide) groups is 1. The Balaban J connectivity index is 1.91. The van der Waals surface area contributed by atoms with Gasteiger partial charge in [-0.05, 0) is 12.3 Å². The predicted molar refractivity (Wildman–Crippen MR) is 76.9 cm³/mol. The Kier molecular flexibility index (Phi) is 5.10. The number of ether oxygens (including phenoxy) is 1. The van der Waals surface area contributed by atoms with Crippen molar-refractivity contribution in [2.45, 2.75) is 32.4 Å². The van der Waals surface area contributed by atoms with Crippen LogP contribution in [0.2, 0.25) is 0 Å². The van der Waals surface area contributed by atoms with Gasteiger partial charge in [0.2, 0.25) is 5.91 Å². The van der Waals surface area contributed by atoms with Crippen LogP contribution < -0.4 is 0 Å². The number of amides is 3. The average molecular weight is 316 g/mol. The number of rotatable bonds is 3. The second-order valence-electron chi connectivity index (χ2n) is 5.66. The van der Waals surface area contributed by atoms with Crippen molar-refractivity contribution in [3.05, 3.63) is 0 Å². The zero-order valence-corrected chi connectivity index (χ0v) is 13.0. The van der Waals surface area contributed by atoms with E-state index in [1.54, 1.807) is 0 Å². The fraction of sp³-hybridized carbons (Fsp3) is 0.769. The van der Waals surface area contributed by atoms with Gasteiger partial charge in [0.15, 0.2) is 0 Å². The Morgan fingerprint density at radius 3 is 2.71 bits per heavy atom. The third kappa shape index (κ3) is 3.68. The van der Waals surface area contributed by atoms with Crippen molar-refractivity contribution in [3.63, 3.8) is 0 Å². The molecule has 8 heteroatoms. The standard InChI is InChI=1S/C13H20N2O5S/c1-8(2)6-20-12(18)14-4-3-9(10(16)5-14)15-11(17)7-21-13(15)19/h8-10,16H,3-7H2,1-2H3. The van der Waals surface area contributed by atoms with E-state index in [1.165, 1.54) is 4.90 Å². The molecule has 2 fully saturated rings. The largest absolute Gasteiger partial charge is 0.449 e. The van der Waals surface area contributed by atoms with Gasteiger partial charge < -0.3 is 14.7 Å². The topological polar surface area (TPSA) is 87.2 Å². The van der Waals surface area contributed by atoms with E-state index in [1.807, 2.05) is 13.8 Å². The van der Waals surface area contributed by atoms with E-state index >= 15 is 0 Å². The summed E-state index contributed by atoms with van der Waals surface area (Å²) in [5.41, 5.74) is 0. The maximum Gasteiger partial charge on any atom is 0.409 e. The van der Waals surface area contributed by atoms with Crippen molar-refractivity contribution in [3.8, 4) is 0 Å². The van der Waals surface area contributed by atoms with Crippen molar-refractivity contribution in [1.82, 2.24) is 9.80 Å². The minimum absolute atomic E-state index is 0.0727. The van der Waals surface area contributed by atoms with E-state index in [4.69, 9.17) is 4.74 Å². The Hall–Kier alpha value is -1.28. The summed E-state index contributed by atoms with van der Waals surface area (Å²) in [6.07, 6.45) is -1.03. The van der Waals surface area contributed by atoms with Crippen LogP contribution >= 0.6 is 11.8 Å². The summed E-state index contributed by atoms with van der Waals surface area (Å²) in [7, 11) is 0. The number of nitrogens with zero attached hydrogens (tertiary/aromatic N) is 2. The molecule has 2 saturated heterocycles. The van der Waals surface area contributed by atoms with Gasteiger partial charge >= 0.3 is 6.09 Å². The molecular formula is C13H20N2O5S. The molecule has 2 rings (SSSR count). The van der Waals surface area contributed by atoms with Crippen molar-refractivity contribution < 1.29 is 24.2 Å². The van der Waals surface area contributed by atoms with Crippen LogP contribution in [0.15, 0.2) is 0 Å². The Morgan fingerprint density at radius 2 is 2.19 bits per heavy atom. The fourth-order valence-corrected chi connectivity index (χ4v) is 3.16. The number of β-amino-alcohol motifs (C(OH)–C–C–N with tert-alkyl or cyclic N) is 1. The molecule has 2 atom stereocenters. The monoisotopic (exact) mass is 316 g/mol. The quantitative estimate of drug-likeness (QED) is 0.833. The highest BCUT2D eigenvalue weighted by Gasteiger charge is 2.42. The molecule has 0 aliphatic carbocycles. The lowest BCUT2D eigenvalue weighted by atomic mass is 10.0. The molecule has 0 saturated carbocycles. The maximum absolute atomic E-state index is 11.8. The summed E-state index contributed by atoms with van der Waals surface area (Å²) in [5, 5.41) is 9.84. The molecule has 0 aromatic carbocycles. The van der Waals surface area contributed by atoms with Crippen LogP contribution in [0.1, 0.15) is 20.3 Å². The summed E-state index contributed by atoms with van der Waals surface area (Å²) in [5.74, 6) is 0.0977. The smallest absolute Gasteiger partial charge is 0.409 e. The van der Waals surface area contributed by atoms with E-state index in [2.05, 4.69) is 0 Å². The van der Waals surface area contributed by atoms with Crippen LogP contribution in [0.4, 0.5) is 9.59 Å². The molecule has 2 aliphatic rings. The average Bonchev–Trinajstić information content (AvgIpc) is 2.76. The first-order valence-electron chi connectivity index (χ1n) is 6.98. The third-order valence-corrected chi connectivity index (χ3v) is 4.30. The second kappa shape index (κ2) is 6.65. The lowest BCUT2D eigenvalue weighted by Crippen LogP contribution is -2.56. The summed E-state index contributed by atoms with van der Waals surface area (Å²) in [6, 6.07) is -0.547. The highest BCUT2D eigenvalue weighted by Crippen LogP contribution is 2.27. The summed E-state index contributed by atoms with van der Waals surface area (Å²) in [6.45, 7) is 4.64. The van der Waals surface area contributed by atoms with E-state index in [0.717, 1.165) is 16.7 Å². The highest BCUT2D eigenvalue weighted by atomic mass is 32.2. The molecule has 7 nitrogen and oxygen atoms in total. The molecule has 2 unspecified atom stereocenters. The number of hydrogen-bond donors (Lipinski definition) is 1. The second-order valence-corrected chi connectivity index (χ2v) is 6.59. The van der Waals surface area contributed by atoms with Gasteiger partial charge in [0.25, 0.3) is 5.24 Å². The van der Waals surface area contributed by atoms with Gasteiger partial charge in [-0.3, -0.25) is 14.5 Å². The normalized spacial score (nSPS) is 26.7. The molecule has 0 spiro atoms. The SMILES string of the molecule is CC(C)COC(=O)N1CCC(N2C(=O)CSC2=O)C(O)C1. The predicted octanol–water partition coefficient (Wildman–Crippen LogP) is 0.910. The van der Waals surface area contributed by atoms with Crippen molar-refractivity contribution >= 4 is 29.0 Å². The molecule has 1 N–H and O–H groups in total. The summed E-state index contributed by atoms with van der Waals surface area (Å²) in [4.78, 5) is 37.8. The highest BCUT2D eigenvalue weighted by molar-refractivity contribution is 8.14. The van der Waals surface area contributed by atoms with E-state index in [-0.39, 0.29) is 29.4 Å². The number of aliphatic hydroxyl groups is 1.